The van der Waals surface area contributed by atoms with Gasteiger partial charge in [0.15, 0.2) is 11.6 Å². The molecule has 0 unspecified atom stereocenters. The van der Waals surface area contributed by atoms with Gasteiger partial charge in [0, 0.05) is 12.0 Å². The smallest absolute Gasteiger partial charge is 0.213 e. The summed E-state index contributed by atoms with van der Waals surface area (Å²) in [5.41, 5.74) is 1.37. The number of benzene rings is 2. The van der Waals surface area contributed by atoms with Crippen LogP contribution in [0.25, 0.3) is 11.0 Å². The van der Waals surface area contributed by atoms with Gasteiger partial charge >= 0.3 is 0 Å². The van der Waals surface area contributed by atoms with Gasteiger partial charge in [0.25, 0.3) is 0 Å². The molecule has 0 atom stereocenters. The van der Waals surface area contributed by atoms with Gasteiger partial charge < -0.3 is 14.6 Å². The van der Waals surface area contributed by atoms with E-state index in [0.717, 1.165) is 0 Å². The van der Waals surface area contributed by atoms with E-state index in [4.69, 9.17) is 9.26 Å². The number of ether oxygens (including phenoxy) is 1. The molecule has 3 rings (SSSR count). The van der Waals surface area contributed by atoms with Crippen LogP contribution in [0.1, 0.15) is 19.4 Å². The van der Waals surface area contributed by atoms with Crippen molar-refractivity contribution >= 4 is 16.8 Å². The van der Waals surface area contributed by atoms with Gasteiger partial charge in [-0.3, -0.25) is 0 Å². The van der Waals surface area contributed by atoms with Gasteiger partial charge in [0.2, 0.25) is 5.58 Å². The summed E-state index contributed by atoms with van der Waals surface area (Å²) in [5, 5.41) is 7.47. The second-order valence-electron chi connectivity index (χ2n) is 6.09. The van der Waals surface area contributed by atoms with E-state index in [2.05, 4.69) is 36.5 Å². The molecule has 4 nitrogen and oxygen atoms in total. The lowest BCUT2D eigenvalue weighted by atomic mass is 9.84. The average molecular weight is 314 g/mol. The third-order valence-corrected chi connectivity index (χ3v) is 4.01. The number of anilines is 1. The molecule has 0 fully saturated rings. The summed E-state index contributed by atoms with van der Waals surface area (Å²) in [4.78, 5) is 0. The number of nitrogens with one attached hydrogen (secondary N) is 1. The van der Waals surface area contributed by atoms with Crippen molar-refractivity contribution in [3.8, 4) is 5.75 Å². The summed E-state index contributed by atoms with van der Waals surface area (Å²) in [6.45, 7) is 4.83. The van der Waals surface area contributed by atoms with Gasteiger partial charge in [-0.05, 0) is 17.7 Å². The molecule has 1 N–H and O–H groups in total. The standard InChI is InChI=1S/C18H19FN2O2/c1-18(2,12-7-5-4-6-8-12)11-20-17-15-13(19)9-10-14(22-3)16(15)23-21-17/h4-10H,11H2,1-3H3,(H,20,21). The molecule has 0 spiro atoms. The van der Waals surface area contributed by atoms with Crippen molar-refractivity contribution in [2.75, 3.05) is 19.0 Å². The maximum atomic E-state index is 14.1. The molecule has 23 heavy (non-hydrogen) atoms. The Balaban J connectivity index is 1.88. The number of aromatic nitrogens is 1. The number of methoxy groups -OCH3 is 1. The average Bonchev–Trinajstić information content (AvgIpc) is 2.99. The van der Waals surface area contributed by atoms with Crippen LogP contribution in [0, 0.1) is 5.82 Å². The summed E-state index contributed by atoms with van der Waals surface area (Å²) in [5.74, 6) is 0.465. The van der Waals surface area contributed by atoms with Gasteiger partial charge in [0.05, 0.1) is 7.11 Å². The minimum atomic E-state index is -0.387. The summed E-state index contributed by atoms with van der Waals surface area (Å²) in [6, 6.07) is 13.0. The predicted octanol–water partition coefficient (Wildman–Crippen LogP) is 4.37. The van der Waals surface area contributed by atoms with Gasteiger partial charge in [-0.2, -0.15) is 0 Å². The van der Waals surface area contributed by atoms with Gasteiger partial charge in [0.1, 0.15) is 11.2 Å². The topological polar surface area (TPSA) is 47.3 Å². The van der Waals surface area contributed by atoms with Crippen LogP contribution in [0.4, 0.5) is 10.2 Å². The van der Waals surface area contributed by atoms with Gasteiger partial charge in [-0.25, -0.2) is 4.39 Å². The summed E-state index contributed by atoms with van der Waals surface area (Å²) in [6.07, 6.45) is 0. The van der Waals surface area contributed by atoms with Gasteiger partial charge in [-0.1, -0.05) is 49.3 Å². The highest BCUT2D eigenvalue weighted by Crippen LogP contribution is 2.33. The first-order valence-corrected chi connectivity index (χ1v) is 7.44. The summed E-state index contributed by atoms with van der Waals surface area (Å²) in [7, 11) is 1.51. The first-order chi connectivity index (χ1) is 11.0. The van der Waals surface area contributed by atoms with Crippen LogP contribution in [0.5, 0.6) is 5.75 Å². The van der Waals surface area contributed by atoms with E-state index in [-0.39, 0.29) is 11.2 Å². The van der Waals surface area contributed by atoms with E-state index in [1.54, 1.807) is 0 Å². The first-order valence-electron chi connectivity index (χ1n) is 7.44. The number of halogens is 1. The van der Waals surface area contributed by atoms with Gasteiger partial charge in [-0.15, -0.1) is 0 Å². The van der Waals surface area contributed by atoms with Crippen molar-refractivity contribution in [3.05, 3.63) is 53.8 Å². The highest BCUT2D eigenvalue weighted by Gasteiger charge is 2.23. The fourth-order valence-electron chi connectivity index (χ4n) is 2.57. The monoisotopic (exact) mass is 314 g/mol. The van der Waals surface area contributed by atoms with Crippen molar-refractivity contribution in [2.24, 2.45) is 0 Å². The summed E-state index contributed by atoms with van der Waals surface area (Å²) < 4.78 is 24.6. The molecule has 0 aliphatic carbocycles. The third-order valence-electron chi connectivity index (χ3n) is 4.01. The molecule has 5 heteroatoms. The van der Waals surface area contributed by atoms with Crippen LogP contribution in [-0.2, 0) is 5.41 Å². The molecule has 0 aliphatic heterocycles. The van der Waals surface area contributed by atoms with Crippen LogP contribution in [-0.4, -0.2) is 18.8 Å². The molecule has 1 aromatic heterocycles. The molecule has 3 aromatic rings. The maximum absolute atomic E-state index is 14.1. The number of nitrogens with zero attached hydrogens (tertiary/aromatic N) is 1. The second-order valence-corrected chi connectivity index (χ2v) is 6.09. The van der Waals surface area contributed by atoms with Crippen LogP contribution >= 0.6 is 0 Å². The molecule has 1 heterocycles. The number of hydrogen-bond donors (Lipinski definition) is 1. The molecule has 120 valence electrons. The predicted molar refractivity (Wildman–Crippen MR) is 88.5 cm³/mol. The Bertz CT molecular complexity index is 813. The Kier molecular flexibility index (Phi) is 3.94. The Labute approximate surface area is 134 Å². The highest BCUT2D eigenvalue weighted by atomic mass is 19.1. The fraction of sp³-hybridized carbons (Fsp3) is 0.278. The number of hydrogen-bond acceptors (Lipinski definition) is 4. The lowest BCUT2D eigenvalue weighted by Crippen LogP contribution is -2.27. The zero-order valence-electron chi connectivity index (χ0n) is 13.4. The fourth-order valence-corrected chi connectivity index (χ4v) is 2.57. The van der Waals surface area contributed by atoms with E-state index in [0.29, 0.717) is 29.1 Å². The van der Waals surface area contributed by atoms with E-state index in [1.807, 2.05) is 18.2 Å². The lowest BCUT2D eigenvalue weighted by molar-refractivity contribution is 0.393. The van der Waals surface area contributed by atoms with Crippen LogP contribution in [0.3, 0.4) is 0 Å². The van der Waals surface area contributed by atoms with Crippen molar-refractivity contribution in [2.45, 2.75) is 19.3 Å². The van der Waals surface area contributed by atoms with Crippen LogP contribution in [0.15, 0.2) is 47.0 Å². The Morgan fingerprint density at radius 1 is 1.17 bits per heavy atom. The van der Waals surface area contributed by atoms with Crippen molar-refractivity contribution in [3.63, 3.8) is 0 Å². The van der Waals surface area contributed by atoms with Crippen LogP contribution in [0.2, 0.25) is 0 Å². The highest BCUT2D eigenvalue weighted by molar-refractivity contribution is 5.92. The minimum Gasteiger partial charge on any atom is -0.493 e. The van der Waals surface area contributed by atoms with Crippen molar-refractivity contribution in [1.29, 1.82) is 0 Å². The molecule has 0 amide bonds. The third kappa shape index (κ3) is 2.86. The molecule has 0 saturated heterocycles. The number of rotatable bonds is 5. The maximum Gasteiger partial charge on any atom is 0.213 e. The Morgan fingerprint density at radius 3 is 2.61 bits per heavy atom. The van der Waals surface area contributed by atoms with Crippen molar-refractivity contribution in [1.82, 2.24) is 5.16 Å². The van der Waals surface area contributed by atoms with E-state index in [9.17, 15) is 4.39 Å². The molecule has 0 bridgehead atoms. The van der Waals surface area contributed by atoms with E-state index >= 15 is 0 Å². The molecular weight excluding hydrogens is 295 g/mol. The lowest BCUT2D eigenvalue weighted by Gasteiger charge is -2.25. The van der Waals surface area contributed by atoms with E-state index < -0.39 is 0 Å². The van der Waals surface area contributed by atoms with Crippen molar-refractivity contribution < 1.29 is 13.7 Å². The SMILES string of the molecule is COc1ccc(F)c2c(NCC(C)(C)c3ccccc3)noc12. The normalized spacial score (nSPS) is 11.7. The molecule has 0 radical (unpaired) electrons. The van der Waals surface area contributed by atoms with Crippen LogP contribution < -0.4 is 10.1 Å². The molecule has 0 saturated carbocycles. The molecule has 2 aromatic carbocycles. The Hall–Kier alpha value is -2.56. The largest absolute Gasteiger partial charge is 0.493 e. The molecule has 0 aliphatic rings. The minimum absolute atomic E-state index is 0.137. The summed E-state index contributed by atoms with van der Waals surface area (Å²) >= 11 is 0. The second kappa shape index (κ2) is 5.91. The zero-order valence-corrected chi connectivity index (χ0v) is 13.4. The quantitative estimate of drug-likeness (QED) is 0.760. The zero-order chi connectivity index (χ0) is 16.4. The Morgan fingerprint density at radius 2 is 1.91 bits per heavy atom. The first kappa shape index (κ1) is 15.3. The molecular formula is C18H19FN2O2. The number of fused-ring (bicyclic) bond motifs is 1. The van der Waals surface area contributed by atoms with E-state index in [1.165, 1.54) is 24.8 Å².